The highest BCUT2D eigenvalue weighted by Crippen LogP contribution is 2.29. The molecule has 0 rings (SSSR count). The summed E-state index contributed by atoms with van der Waals surface area (Å²) in [7, 11) is 0. The van der Waals surface area contributed by atoms with E-state index >= 15 is 0 Å². The average Bonchev–Trinajstić information content (AvgIpc) is 2.44. The summed E-state index contributed by atoms with van der Waals surface area (Å²) in [4.78, 5) is 25.1. The molecule has 0 amide bonds. The van der Waals surface area contributed by atoms with Gasteiger partial charge in [0.05, 0.1) is 13.2 Å². The van der Waals surface area contributed by atoms with E-state index in [1.165, 1.54) is 0 Å². The van der Waals surface area contributed by atoms with Gasteiger partial charge in [-0.15, -0.1) is 0 Å². The van der Waals surface area contributed by atoms with E-state index in [0.29, 0.717) is 37.2 Å². The topological polar surface area (TPSA) is 52.6 Å². The molecular weight excluding hydrogens is 304 g/mol. The molecule has 0 aliphatic rings. The minimum Gasteiger partial charge on any atom is -0.462 e. The highest BCUT2D eigenvalue weighted by molar-refractivity contribution is 6.00. The van der Waals surface area contributed by atoms with E-state index < -0.39 is 0 Å². The number of hydrogen-bond acceptors (Lipinski definition) is 4. The Hall–Kier alpha value is -1.32. The maximum absolute atomic E-state index is 12.6. The molecule has 0 atom stereocenters. The van der Waals surface area contributed by atoms with Crippen LogP contribution in [0, 0.1) is 17.3 Å². The zero-order chi connectivity index (χ0) is 18.9. The first-order valence-corrected chi connectivity index (χ1v) is 9.04. The van der Waals surface area contributed by atoms with Gasteiger partial charge in [-0.25, -0.2) is 9.59 Å². The van der Waals surface area contributed by atoms with Crippen LogP contribution in [0.4, 0.5) is 0 Å². The second-order valence-electron chi connectivity index (χ2n) is 8.43. The Balaban J connectivity index is 5.60. The van der Waals surface area contributed by atoms with Crippen LogP contribution in [0.3, 0.4) is 0 Å². The predicted molar refractivity (Wildman–Crippen MR) is 97.6 cm³/mol. The fourth-order valence-corrected chi connectivity index (χ4v) is 2.12. The molecule has 0 aliphatic heterocycles. The molecule has 0 saturated carbocycles. The highest BCUT2D eigenvalue weighted by Gasteiger charge is 2.27. The van der Waals surface area contributed by atoms with Crippen molar-refractivity contribution in [3.05, 3.63) is 11.1 Å². The summed E-state index contributed by atoms with van der Waals surface area (Å²) >= 11 is 0. The first kappa shape index (κ1) is 22.7. The summed E-state index contributed by atoms with van der Waals surface area (Å²) in [5.74, 6) is -0.252. The summed E-state index contributed by atoms with van der Waals surface area (Å²) < 4.78 is 10.8. The van der Waals surface area contributed by atoms with Crippen molar-refractivity contribution in [1.82, 2.24) is 0 Å². The van der Waals surface area contributed by atoms with E-state index in [2.05, 4.69) is 0 Å². The molecular formula is C20H36O4. The number of hydrogen-bond donors (Lipinski definition) is 0. The molecule has 4 heteroatoms. The number of carbonyl (C=O) groups is 2. The molecule has 24 heavy (non-hydrogen) atoms. The van der Waals surface area contributed by atoms with Gasteiger partial charge >= 0.3 is 11.9 Å². The zero-order valence-electron chi connectivity index (χ0n) is 16.8. The maximum Gasteiger partial charge on any atom is 0.334 e. The maximum atomic E-state index is 12.6. The van der Waals surface area contributed by atoms with Crippen molar-refractivity contribution in [3.63, 3.8) is 0 Å². The molecule has 0 fully saturated rings. The molecule has 0 heterocycles. The van der Waals surface area contributed by atoms with Gasteiger partial charge in [0.2, 0.25) is 0 Å². The minimum atomic E-state index is -0.386. The quantitative estimate of drug-likeness (QED) is 0.442. The van der Waals surface area contributed by atoms with E-state index in [0.717, 1.165) is 6.42 Å². The lowest BCUT2D eigenvalue weighted by molar-refractivity contribution is -0.143. The number of carbonyl (C=O) groups excluding carboxylic acids is 2. The van der Waals surface area contributed by atoms with Crippen molar-refractivity contribution >= 4 is 11.9 Å². The molecule has 0 aromatic carbocycles. The van der Waals surface area contributed by atoms with E-state index in [-0.39, 0.29) is 29.2 Å². The van der Waals surface area contributed by atoms with Crippen molar-refractivity contribution in [3.8, 4) is 0 Å². The standard InChI is InChI=1S/C20H36O4/c1-9-10-16(18(21)23-12-14(2)3)17(11-20(6,7)8)19(22)24-13-15(4)5/h14-15H,9-13H2,1-8H3/b17-16-. The second-order valence-corrected chi connectivity index (χ2v) is 8.43. The Morgan fingerprint density at radius 3 is 1.58 bits per heavy atom. The first-order chi connectivity index (χ1) is 11.0. The summed E-state index contributed by atoms with van der Waals surface area (Å²) in [5.41, 5.74) is 0.823. The second kappa shape index (κ2) is 10.5. The SMILES string of the molecule is CCC/C(C(=O)OCC(C)C)=C(\CC(C)(C)C)C(=O)OCC(C)C. The van der Waals surface area contributed by atoms with Gasteiger partial charge in [0.25, 0.3) is 0 Å². The van der Waals surface area contributed by atoms with Gasteiger partial charge in [-0.05, 0) is 30.1 Å². The van der Waals surface area contributed by atoms with Crippen LogP contribution in [0.2, 0.25) is 0 Å². The van der Waals surface area contributed by atoms with Crippen molar-refractivity contribution in [1.29, 1.82) is 0 Å². The molecule has 0 aromatic rings. The van der Waals surface area contributed by atoms with E-state index in [4.69, 9.17) is 9.47 Å². The Labute approximate surface area is 148 Å². The molecule has 0 spiro atoms. The fourth-order valence-electron chi connectivity index (χ4n) is 2.12. The van der Waals surface area contributed by atoms with Crippen molar-refractivity contribution in [2.45, 2.75) is 74.7 Å². The molecule has 4 nitrogen and oxygen atoms in total. The van der Waals surface area contributed by atoms with Gasteiger partial charge < -0.3 is 9.47 Å². The molecule has 0 N–H and O–H groups in total. The van der Waals surface area contributed by atoms with E-state index in [1.54, 1.807) is 0 Å². The van der Waals surface area contributed by atoms with Crippen LogP contribution in [-0.2, 0) is 19.1 Å². The zero-order valence-corrected chi connectivity index (χ0v) is 16.8. The minimum absolute atomic E-state index is 0.122. The first-order valence-electron chi connectivity index (χ1n) is 9.04. The monoisotopic (exact) mass is 340 g/mol. The molecule has 140 valence electrons. The van der Waals surface area contributed by atoms with Crippen LogP contribution in [0.25, 0.3) is 0 Å². The van der Waals surface area contributed by atoms with Gasteiger partial charge in [-0.1, -0.05) is 61.8 Å². The lowest BCUT2D eigenvalue weighted by Gasteiger charge is -2.22. The van der Waals surface area contributed by atoms with Gasteiger partial charge in [-0.2, -0.15) is 0 Å². The third-order valence-corrected chi connectivity index (χ3v) is 3.16. The Morgan fingerprint density at radius 1 is 0.833 bits per heavy atom. The average molecular weight is 341 g/mol. The lowest BCUT2D eigenvalue weighted by atomic mass is 9.85. The highest BCUT2D eigenvalue weighted by atomic mass is 16.5. The molecule has 0 saturated heterocycles. The molecule has 0 bridgehead atoms. The van der Waals surface area contributed by atoms with Crippen molar-refractivity contribution in [2.75, 3.05) is 13.2 Å². The van der Waals surface area contributed by atoms with Gasteiger partial charge in [0.1, 0.15) is 0 Å². The van der Waals surface area contributed by atoms with Crippen molar-refractivity contribution in [2.24, 2.45) is 17.3 Å². The van der Waals surface area contributed by atoms with Crippen molar-refractivity contribution < 1.29 is 19.1 Å². The van der Waals surface area contributed by atoms with Crippen LogP contribution in [-0.4, -0.2) is 25.2 Å². The molecule has 0 aliphatic carbocycles. The fraction of sp³-hybridized carbons (Fsp3) is 0.800. The summed E-state index contributed by atoms with van der Waals surface area (Å²) in [6.07, 6.45) is 1.80. The Kier molecular flexibility index (Phi) is 9.95. The Bertz CT molecular complexity index is 439. The van der Waals surface area contributed by atoms with Crippen LogP contribution in [0.1, 0.15) is 74.7 Å². The molecule has 0 unspecified atom stereocenters. The van der Waals surface area contributed by atoms with Crippen LogP contribution in [0.15, 0.2) is 11.1 Å². The van der Waals surface area contributed by atoms with Crippen LogP contribution in [0.5, 0.6) is 0 Å². The van der Waals surface area contributed by atoms with Crippen LogP contribution < -0.4 is 0 Å². The van der Waals surface area contributed by atoms with Gasteiger partial charge in [0, 0.05) is 11.1 Å². The third-order valence-electron chi connectivity index (χ3n) is 3.16. The molecule has 0 radical (unpaired) electrons. The lowest BCUT2D eigenvalue weighted by Crippen LogP contribution is -2.22. The van der Waals surface area contributed by atoms with Gasteiger partial charge in [-0.3, -0.25) is 0 Å². The van der Waals surface area contributed by atoms with Crippen LogP contribution >= 0.6 is 0 Å². The summed E-state index contributed by atoms with van der Waals surface area (Å²) in [6, 6.07) is 0. The predicted octanol–water partition coefficient (Wildman–Crippen LogP) is 4.92. The number of rotatable bonds is 9. The third kappa shape index (κ3) is 9.74. The Morgan fingerprint density at radius 2 is 1.25 bits per heavy atom. The number of esters is 2. The van der Waals surface area contributed by atoms with E-state index in [1.807, 2.05) is 55.4 Å². The largest absolute Gasteiger partial charge is 0.462 e. The normalized spacial score (nSPS) is 13.1. The van der Waals surface area contributed by atoms with Gasteiger partial charge in [0.15, 0.2) is 0 Å². The number of ether oxygens (including phenoxy) is 2. The smallest absolute Gasteiger partial charge is 0.334 e. The van der Waals surface area contributed by atoms with E-state index in [9.17, 15) is 9.59 Å². The summed E-state index contributed by atoms with van der Waals surface area (Å²) in [5, 5.41) is 0. The molecule has 0 aromatic heterocycles. The summed E-state index contributed by atoms with van der Waals surface area (Å²) in [6.45, 7) is 16.8.